The van der Waals surface area contributed by atoms with Crippen LogP contribution < -0.4 is 5.32 Å². The Balaban J connectivity index is 2.14. The van der Waals surface area contributed by atoms with E-state index in [0.717, 1.165) is 24.7 Å². The standard InChI is InChI=1S/C23H28N4O6S/c1-4-32-21(28)18-14(3)26-17(13-34-23-24-10-7-11-25-23)20(22(29)33-5-2)19(18)15-8-6-9-16(12-15)27(30)31/h6,8-9,12,18-19H,4-5,7,10-11,13H2,1-3H3,(H,24,25). The molecule has 2 aliphatic heterocycles. The van der Waals surface area contributed by atoms with Gasteiger partial charge in [-0.3, -0.25) is 24.9 Å². The summed E-state index contributed by atoms with van der Waals surface area (Å²) in [7, 11) is 0. The SMILES string of the molecule is CCOC(=O)C1=C(CSC2=NCCCN2)N=C(C)C(C(=O)OCC)C1c1cccc([N+](=O)[O-])c1. The summed E-state index contributed by atoms with van der Waals surface area (Å²) in [6.07, 6.45) is 0.953. The first-order valence-corrected chi connectivity index (χ1v) is 12.1. The van der Waals surface area contributed by atoms with E-state index in [0.29, 0.717) is 22.7 Å². The molecular weight excluding hydrogens is 460 g/mol. The van der Waals surface area contributed by atoms with E-state index in [1.165, 1.54) is 30.0 Å². The minimum absolute atomic E-state index is 0.130. The summed E-state index contributed by atoms with van der Waals surface area (Å²) in [6, 6.07) is 5.95. The van der Waals surface area contributed by atoms with E-state index in [2.05, 4.69) is 15.3 Å². The van der Waals surface area contributed by atoms with E-state index < -0.39 is 28.7 Å². The largest absolute Gasteiger partial charge is 0.465 e. The van der Waals surface area contributed by atoms with Gasteiger partial charge in [-0.2, -0.15) is 0 Å². The molecule has 11 heteroatoms. The predicted molar refractivity (Wildman–Crippen MR) is 130 cm³/mol. The van der Waals surface area contributed by atoms with Crippen LogP contribution in [0.3, 0.4) is 0 Å². The number of nitro benzene ring substituents is 1. The van der Waals surface area contributed by atoms with Gasteiger partial charge in [0, 0.05) is 42.6 Å². The molecule has 0 radical (unpaired) electrons. The van der Waals surface area contributed by atoms with Crippen molar-refractivity contribution < 1.29 is 24.0 Å². The number of aliphatic imine (C=N–C) groups is 2. The molecule has 2 atom stereocenters. The Hall–Kier alpha value is -3.21. The highest BCUT2D eigenvalue weighted by atomic mass is 32.2. The first-order valence-electron chi connectivity index (χ1n) is 11.1. The quantitative estimate of drug-likeness (QED) is 0.335. The van der Waals surface area contributed by atoms with Gasteiger partial charge in [0.15, 0.2) is 5.17 Å². The van der Waals surface area contributed by atoms with E-state index in [1.54, 1.807) is 26.8 Å². The van der Waals surface area contributed by atoms with Crippen molar-refractivity contribution in [2.45, 2.75) is 33.1 Å². The van der Waals surface area contributed by atoms with E-state index in [-0.39, 0.29) is 24.5 Å². The number of amidine groups is 1. The van der Waals surface area contributed by atoms with E-state index >= 15 is 0 Å². The monoisotopic (exact) mass is 488 g/mol. The number of carbonyl (C=O) groups is 2. The van der Waals surface area contributed by atoms with Crippen molar-refractivity contribution in [2.75, 3.05) is 32.1 Å². The molecule has 10 nitrogen and oxygen atoms in total. The molecule has 0 saturated carbocycles. The fraction of sp³-hybridized carbons (Fsp3) is 0.478. The zero-order valence-electron chi connectivity index (χ0n) is 19.4. The van der Waals surface area contributed by atoms with Gasteiger partial charge in [-0.15, -0.1) is 0 Å². The van der Waals surface area contributed by atoms with Crippen LogP contribution in [0, 0.1) is 16.0 Å². The number of nitro groups is 1. The topological polar surface area (TPSA) is 132 Å². The summed E-state index contributed by atoms with van der Waals surface area (Å²) in [5.41, 5.74) is 1.43. The highest BCUT2D eigenvalue weighted by Gasteiger charge is 2.43. The molecule has 0 saturated heterocycles. The lowest BCUT2D eigenvalue weighted by molar-refractivity contribution is -0.384. The smallest absolute Gasteiger partial charge is 0.336 e. The second kappa shape index (κ2) is 11.8. The maximum Gasteiger partial charge on any atom is 0.336 e. The number of nitrogens with one attached hydrogen (secondary N) is 1. The fourth-order valence-corrected chi connectivity index (χ4v) is 4.85. The molecule has 2 heterocycles. The molecule has 2 aliphatic rings. The van der Waals surface area contributed by atoms with Gasteiger partial charge in [-0.1, -0.05) is 23.9 Å². The molecule has 0 aromatic heterocycles. The summed E-state index contributed by atoms with van der Waals surface area (Å²) >= 11 is 1.41. The Morgan fingerprint density at radius 3 is 2.68 bits per heavy atom. The summed E-state index contributed by atoms with van der Waals surface area (Å²) < 4.78 is 10.6. The number of ether oxygens (including phenoxy) is 2. The Morgan fingerprint density at radius 2 is 2.03 bits per heavy atom. The van der Waals surface area contributed by atoms with E-state index in [4.69, 9.17) is 9.47 Å². The molecule has 0 aliphatic carbocycles. The molecule has 0 spiro atoms. The van der Waals surface area contributed by atoms with Gasteiger partial charge >= 0.3 is 11.9 Å². The number of nitrogens with zero attached hydrogens (tertiary/aromatic N) is 3. The maximum atomic E-state index is 13.2. The van der Waals surface area contributed by atoms with E-state index in [1.807, 2.05) is 0 Å². The van der Waals surface area contributed by atoms with Gasteiger partial charge in [0.1, 0.15) is 5.92 Å². The van der Waals surface area contributed by atoms with Gasteiger partial charge < -0.3 is 14.8 Å². The molecule has 0 bridgehead atoms. The average molecular weight is 489 g/mol. The molecule has 2 unspecified atom stereocenters. The highest BCUT2D eigenvalue weighted by molar-refractivity contribution is 8.14. The van der Waals surface area contributed by atoms with Crippen LogP contribution in [0.15, 0.2) is 45.5 Å². The number of benzene rings is 1. The first-order chi connectivity index (χ1) is 16.4. The zero-order chi connectivity index (χ0) is 24.7. The molecule has 1 N–H and O–H groups in total. The number of non-ortho nitro benzene ring substituents is 1. The second-order valence-corrected chi connectivity index (χ2v) is 8.61. The van der Waals surface area contributed by atoms with Crippen LogP contribution in [-0.4, -0.2) is 59.8 Å². The van der Waals surface area contributed by atoms with Gasteiger partial charge in [-0.25, -0.2) is 4.79 Å². The molecule has 0 amide bonds. The summed E-state index contributed by atoms with van der Waals surface area (Å²) in [5, 5.41) is 15.4. The van der Waals surface area contributed by atoms with E-state index in [9.17, 15) is 19.7 Å². The molecule has 34 heavy (non-hydrogen) atoms. The molecule has 182 valence electrons. The minimum atomic E-state index is -0.916. The van der Waals surface area contributed by atoms with Crippen LogP contribution in [0.25, 0.3) is 0 Å². The third kappa shape index (κ3) is 5.82. The molecule has 0 fully saturated rings. The summed E-state index contributed by atoms with van der Waals surface area (Å²) in [6.45, 7) is 6.91. The second-order valence-electron chi connectivity index (χ2n) is 7.65. The Bertz CT molecular complexity index is 1050. The lowest BCUT2D eigenvalue weighted by atomic mass is 9.75. The van der Waals surface area contributed by atoms with Crippen molar-refractivity contribution in [1.29, 1.82) is 0 Å². The Kier molecular flexibility index (Phi) is 8.80. The lowest BCUT2D eigenvalue weighted by Gasteiger charge is -2.32. The zero-order valence-corrected chi connectivity index (χ0v) is 20.2. The number of carbonyl (C=O) groups excluding carboxylic acids is 2. The van der Waals surface area contributed by atoms with Crippen molar-refractivity contribution in [3.63, 3.8) is 0 Å². The van der Waals surface area contributed by atoms with Crippen molar-refractivity contribution in [2.24, 2.45) is 15.9 Å². The molecule has 1 aromatic rings. The molecule has 1 aromatic carbocycles. The normalized spacial score (nSPS) is 20.1. The number of hydrogen-bond acceptors (Lipinski definition) is 10. The molecule has 3 rings (SSSR count). The van der Waals surface area contributed by atoms with Gasteiger partial charge in [0.2, 0.25) is 0 Å². The highest BCUT2D eigenvalue weighted by Crippen LogP contribution is 2.41. The maximum absolute atomic E-state index is 13.2. The van der Waals surface area contributed by atoms with Crippen LogP contribution >= 0.6 is 11.8 Å². The van der Waals surface area contributed by atoms with Crippen molar-refractivity contribution in [3.8, 4) is 0 Å². The molecular formula is C23H28N4O6S. The third-order valence-corrected chi connectivity index (χ3v) is 6.37. The fourth-order valence-electron chi connectivity index (χ4n) is 3.97. The number of rotatable bonds is 8. The minimum Gasteiger partial charge on any atom is -0.465 e. The van der Waals surface area contributed by atoms with Gasteiger partial charge in [-0.05, 0) is 32.8 Å². The lowest BCUT2D eigenvalue weighted by Crippen LogP contribution is -2.37. The number of hydrogen-bond donors (Lipinski definition) is 1. The predicted octanol–water partition coefficient (Wildman–Crippen LogP) is 3.23. The Morgan fingerprint density at radius 1 is 1.26 bits per heavy atom. The van der Waals surface area contributed by atoms with Crippen LogP contribution in [0.1, 0.15) is 38.7 Å². The summed E-state index contributed by atoms with van der Waals surface area (Å²) in [4.78, 5) is 46.2. The third-order valence-electron chi connectivity index (χ3n) is 5.40. The van der Waals surface area contributed by atoms with Crippen molar-refractivity contribution in [1.82, 2.24) is 5.32 Å². The van der Waals surface area contributed by atoms with Crippen molar-refractivity contribution >= 4 is 40.3 Å². The van der Waals surface area contributed by atoms with Gasteiger partial charge in [0.05, 0.1) is 29.4 Å². The van der Waals surface area contributed by atoms with Crippen LogP contribution in [0.2, 0.25) is 0 Å². The number of esters is 2. The summed E-state index contributed by atoms with van der Waals surface area (Å²) in [5.74, 6) is -2.60. The Labute approximate surface area is 202 Å². The van der Waals surface area contributed by atoms with Gasteiger partial charge in [0.25, 0.3) is 5.69 Å². The van der Waals surface area contributed by atoms with Crippen LogP contribution in [-0.2, 0) is 19.1 Å². The van der Waals surface area contributed by atoms with Crippen LogP contribution in [0.5, 0.6) is 0 Å². The average Bonchev–Trinajstić information content (AvgIpc) is 2.83. The number of thioether (sulfide) groups is 1. The van der Waals surface area contributed by atoms with Crippen molar-refractivity contribution in [3.05, 3.63) is 51.2 Å². The first kappa shape index (κ1) is 25.4. The van der Waals surface area contributed by atoms with Crippen LogP contribution in [0.4, 0.5) is 5.69 Å².